The van der Waals surface area contributed by atoms with E-state index in [2.05, 4.69) is 5.32 Å². The maximum atomic E-state index is 12.6. The summed E-state index contributed by atoms with van der Waals surface area (Å²) in [5.41, 5.74) is 1.76. The van der Waals surface area contributed by atoms with E-state index in [0.29, 0.717) is 21.4 Å². The molecule has 122 valence electrons. The number of rotatable bonds is 3. The fraction of sp³-hybridized carbons (Fsp3) is 0.0588. The average Bonchev–Trinajstić information content (AvgIpc) is 2.74. The number of nitrogens with one attached hydrogen (secondary N) is 1. The van der Waals surface area contributed by atoms with Gasteiger partial charge in [0.15, 0.2) is 0 Å². The van der Waals surface area contributed by atoms with Crippen molar-refractivity contribution in [2.75, 3.05) is 10.2 Å². The molecule has 0 bridgehead atoms. The molecule has 7 heteroatoms. The lowest BCUT2D eigenvalue weighted by Crippen LogP contribution is -2.32. The Morgan fingerprint density at radius 3 is 2.38 bits per heavy atom. The standard InChI is InChI=1S/C17H11Cl3N2O2/c1-9-5-6-12(8-13(9)19)22-16(23)14(20)15(17(22)24)21-11-4-2-3-10(18)7-11/h2-8,21H,1H3. The van der Waals surface area contributed by atoms with E-state index in [1.807, 2.05) is 6.92 Å². The summed E-state index contributed by atoms with van der Waals surface area (Å²) in [7, 11) is 0. The normalized spacial score (nSPS) is 14.6. The monoisotopic (exact) mass is 380 g/mol. The van der Waals surface area contributed by atoms with Gasteiger partial charge in [0, 0.05) is 15.7 Å². The summed E-state index contributed by atoms with van der Waals surface area (Å²) in [6, 6.07) is 11.7. The molecule has 1 aliphatic rings. The third kappa shape index (κ3) is 3.00. The number of amides is 2. The molecule has 1 heterocycles. The largest absolute Gasteiger partial charge is 0.350 e. The molecule has 4 nitrogen and oxygen atoms in total. The van der Waals surface area contributed by atoms with Gasteiger partial charge in [0.25, 0.3) is 11.8 Å². The van der Waals surface area contributed by atoms with Crippen LogP contribution in [-0.2, 0) is 9.59 Å². The average molecular weight is 382 g/mol. The number of imide groups is 1. The Hall–Kier alpha value is -2.01. The zero-order valence-corrected chi connectivity index (χ0v) is 14.7. The van der Waals surface area contributed by atoms with E-state index in [1.165, 1.54) is 0 Å². The molecule has 2 aromatic carbocycles. The first-order chi connectivity index (χ1) is 11.4. The van der Waals surface area contributed by atoms with E-state index >= 15 is 0 Å². The van der Waals surface area contributed by atoms with Gasteiger partial charge < -0.3 is 5.32 Å². The molecule has 0 aliphatic carbocycles. The van der Waals surface area contributed by atoms with Crippen molar-refractivity contribution in [3.05, 3.63) is 68.8 Å². The van der Waals surface area contributed by atoms with Crippen LogP contribution in [-0.4, -0.2) is 11.8 Å². The van der Waals surface area contributed by atoms with Crippen LogP contribution >= 0.6 is 34.8 Å². The molecule has 24 heavy (non-hydrogen) atoms. The molecule has 2 amide bonds. The van der Waals surface area contributed by atoms with Crippen molar-refractivity contribution < 1.29 is 9.59 Å². The van der Waals surface area contributed by atoms with Gasteiger partial charge >= 0.3 is 0 Å². The lowest BCUT2D eigenvalue weighted by atomic mass is 10.2. The molecule has 0 saturated heterocycles. The van der Waals surface area contributed by atoms with E-state index in [1.54, 1.807) is 42.5 Å². The smallest absolute Gasteiger partial charge is 0.283 e. The Morgan fingerprint density at radius 2 is 1.71 bits per heavy atom. The summed E-state index contributed by atoms with van der Waals surface area (Å²) in [5, 5.41) is 3.63. The van der Waals surface area contributed by atoms with Crippen LogP contribution < -0.4 is 10.2 Å². The number of hydrogen-bond donors (Lipinski definition) is 1. The van der Waals surface area contributed by atoms with Gasteiger partial charge in [-0.1, -0.05) is 46.9 Å². The lowest BCUT2D eigenvalue weighted by Gasteiger charge is -2.16. The van der Waals surface area contributed by atoms with Crippen molar-refractivity contribution in [2.24, 2.45) is 0 Å². The van der Waals surface area contributed by atoms with Crippen molar-refractivity contribution in [3.8, 4) is 0 Å². The van der Waals surface area contributed by atoms with Crippen LogP contribution in [0.5, 0.6) is 0 Å². The molecule has 0 spiro atoms. The van der Waals surface area contributed by atoms with Gasteiger partial charge in [0.2, 0.25) is 0 Å². The van der Waals surface area contributed by atoms with Crippen LogP contribution in [0.15, 0.2) is 53.2 Å². The van der Waals surface area contributed by atoms with Crippen molar-refractivity contribution in [3.63, 3.8) is 0 Å². The fourth-order valence-electron chi connectivity index (χ4n) is 2.28. The lowest BCUT2D eigenvalue weighted by molar-refractivity contribution is -0.120. The molecule has 0 saturated carbocycles. The molecule has 0 radical (unpaired) electrons. The summed E-state index contributed by atoms with van der Waals surface area (Å²) in [5.74, 6) is -1.16. The second-order valence-electron chi connectivity index (χ2n) is 5.20. The third-order valence-electron chi connectivity index (χ3n) is 3.53. The molecule has 2 aromatic rings. The van der Waals surface area contributed by atoms with Gasteiger partial charge in [-0.2, -0.15) is 0 Å². The highest BCUT2D eigenvalue weighted by atomic mass is 35.5. The molecule has 0 unspecified atom stereocenters. The zero-order chi connectivity index (χ0) is 17.4. The van der Waals surface area contributed by atoms with Crippen LogP contribution in [0.4, 0.5) is 11.4 Å². The van der Waals surface area contributed by atoms with Crippen LogP contribution in [0.3, 0.4) is 0 Å². The summed E-state index contributed by atoms with van der Waals surface area (Å²) < 4.78 is 0. The maximum absolute atomic E-state index is 12.6. The molecule has 0 fully saturated rings. The number of anilines is 2. The number of carbonyl (C=O) groups excluding carboxylic acids is 2. The number of carbonyl (C=O) groups is 2. The summed E-state index contributed by atoms with van der Waals surface area (Å²) >= 11 is 18.1. The van der Waals surface area contributed by atoms with Crippen molar-refractivity contribution >= 4 is 58.0 Å². The number of hydrogen-bond acceptors (Lipinski definition) is 3. The Balaban J connectivity index is 1.94. The Kier molecular flexibility index (Phi) is 4.54. The SMILES string of the molecule is Cc1ccc(N2C(=O)C(Cl)=C(Nc3cccc(Cl)c3)C2=O)cc1Cl. The Bertz CT molecular complexity index is 893. The molecular weight excluding hydrogens is 371 g/mol. The first-order valence-electron chi connectivity index (χ1n) is 6.96. The predicted molar refractivity (Wildman–Crippen MR) is 96.6 cm³/mol. The van der Waals surface area contributed by atoms with Crippen LogP contribution in [0, 0.1) is 6.92 Å². The fourth-order valence-corrected chi connectivity index (χ4v) is 2.85. The van der Waals surface area contributed by atoms with Crippen LogP contribution in [0.1, 0.15) is 5.56 Å². The third-order valence-corrected chi connectivity index (χ3v) is 4.53. The number of halogens is 3. The van der Waals surface area contributed by atoms with Gasteiger partial charge in [-0.25, -0.2) is 4.90 Å². The van der Waals surface area contributed by atoms with E-state index in [0.717, 1.165) is 10.5 Å². The van der Waals surface area contributed by atoms with Gasteiger partial charge in [-0.15, -0.1) is 0 Å². The Morgan fingerprint density at radius 1 is 0.958 bits per heavy atom. The minimum absolute atomic E-state index is 0.000584. The molecular formula is C17H11Cl3N2O2. The van der Waals surface area contributed by atoms with E-state index in [9.17, 15) is 9.59 Å². The molecule has 1 aliphatic heterocycles. The van der Waals surface area contributed by atoms with E-state index < -0.39 is 11.8 Å². The summed E-state index contributed by atoms with van der Waals surface area (Å²) in [4.78, 5) is 26.0. The van der Waals surface area contributed by atoms with Crippen molar-refractivity contribution in [1.29, 1.82) is 0 Å². The first-order valence-corrected chi connectivity index (χ1v) is 8.09. The predicted octanol–water partition coefficient (Wildman–Crippen LogP) is 4.74. The molecule has 0 atom stereocenters. The minimum Gasteiger partial charge on any atom is -0.350 e. The van der Waals surface area contributed by atoms with E-state index in [-0.39, 0.29) is 10.7 Å². The minimum atomic E-state index is -0.605. The molecule has 0 aromatic heterocycles. The number of aryl methyl sites for hydroxylation is 1. The highest BCUT2D eigenvalue weighted by molar-refractivity contribution is 6.53. The highest BCUT2D eigenvalue weighted by Gasteiger charge is 2.39. The molecule has 3 rings (SSSR count). The topological polar surface area (TPSA) is 49.4 Å². The van der Waals surface area contributed by atoms with Crippen LogP contribution in [0.2, 0.25) is 10.0 Å². The quantitative estimate of drug-likeness (QED) is 0.781. The molecule has 1 N–H and O–H groups in total. The maximum Gasteiger partial charge on any atom is 0.283 e. The number of nitrogens with zero attached hydrogens (tertiary/aromatic N) is 1. The van der Waals surface area contributed by atoms with Crippen molar-refractivity contribution in [1.82, 2.24) is 0 Å². The summed E-state index contributed by atoms with van der Waals surface area (Å²) in [6.07, 6.45) is 0. The van der Waals surface area contributed by atoms with Gasteiger partial charge in [0.05, 0.1) is 5.69 Å². The number of benzene rings is 2. The first kappa shape index (κ1) is 16.8. The second kappa shape index (κ2) is 6.48. The van der Waals surface area contributed by atoms with E-state index in [4.69, 9.17) is 34.8 Å². The van der Waals surface area contributed by atoms with Crippen LogP contribution in [0.25, 0.3) is 0 Å². The second-order valence-corrected chi connectivity index (χ2v) is 6.43. The highest BCUT2D eigenvalue weighted by Crippen LogP contribution is 2.32. The van der Waals surface area contributed by atoms with Gasteiger partial charge in [-0.3, -0.25) is 9.59 Å². The Labute approximate surface area is 153 Å². The summed E-state index contributed by atoms with van der Waals surface area (Å²) in [6.45, 7) is 1.83. The van der Waals surface area contributed by atoms with Crippen molar-refractivity contribution in [2.45, 2.75) is 6.92 Å². The van der Waals surface area contributed by atoms with Gasteiger partial charge in [-0.05, 0) is 42.8 Å². The zero-order valence-electron chi connectivity index (χ0n) is 12.4. The van der Waals surface area contributed by atoms with Gasteiger partial charge in [0.1, 0.15) is 10.7 Å².